The lowest BCUT2D eigenvalue weighted by Gasteiger charge is -2.26. The molecule has 2 rings (SSSR count). The molecule has 0 aliphatic carbocycles. The number of carbonyl (C=O) groups is 1. The van der Waals surface area contributed by atoms with Crippen LogP contribution < -0.4 is 19.1 Å². The molecule has 164 valence electrons. The Kier molecular flexibility index (Phi) is 7.72. The van der Waals surface area contributed by atoms with Gasteiger partial charge in [-0.3, -0.25) is 9.10 Å². The van der Waals surface area contributed by atoms with E-state index < -0.39 is 10.0 Å². The average molecular weight is 435 g/mol. The van der Waals surface area contributed by atoms with Crippen LogP contribution in [0.25, 0.3) is 0 Å². The van der Waals surface area contributed by atoms with E-state index in [1.807, 2.05) is 27.7 Å². The highest BCUT2D eigenvalue weighted by atomic mass is 32.2. The highest BCUT2D eigenvalue weighted by Crippen LogP contribution is 2.32. The first-order valence-electron chi connectivity index (χ1n) is 9.71. The second-order valence-corrected chi connectivity index (χ2v) is 9.33. The summed E-state index contributed by atoms with van der Waals surface area (Å²) in [5.74, 6) is 0.562. The van der Waals surface area contributed by atoms with Crippen molar-refractivity contribution in [2.45, 2.75) is 38.6 Å². The first-order valence-corrected chi connectivity index (χ1v) is 11.1. The van der Waals surface area contributed by atoms with Crippen molar-refractivity contribution < 1.29 is 22.7 Å². The van der Waals surface area contributed by atoms with Gasteiger partial charge in [0, 0.05) is 12.1 Å². The molecule has 2 aromatic carbocycles. The van der Waals surface area contributed by atoms with Gasteiger partial charge in [-0.15, -0.1) is 0 Å². The van der Waals surface area contributed by atoms with Crippen molar-refractivity contribution in [2.75, 3.05) is 25.1 Å². The number of nitrogens with one attached hydrogen (secondary N) is 1. The maximum atomic E-state index is 13.5. The molecule has 8 heteroatoms. The van der Waals surface area contributed by atoms with Crippen LogP contribution in [0.5, 0.6) is 11.5 Å². The van der Waals surface area contributed by atoms with Gasteiger partial charge < -0.3 is 14.8 Å². The fraction of sp³-hybridized carbons (Fsp3) is 0.409. The molecule has 30 heavy (non-hydrogen) atoms. The van der Waals surface area contributed by atoms with Gasteiger partial charge in [0.25, 0.3) is 10.0 Å². The molecule has 0 unspecified atom stereocenters. The number of hydrogen-bond donors (Lipinski definition) is 1. The Morgan fingerprint density at radius 3 is 2.13 bits per heavy atom. The Balaban J connectivity index is 2.47. The summed E-state index contributed by atoms with van der Waals surface area (Å²) in [4.78, 5) is 12.7. The van der Waals surface area contributed by atoms with Gasteiger partial charge in [-0.1, -0.05) is 31.5 Å². The quantitative estimate of drug-likeness (QED) is 0.654. The first kappa shape index (κ1) is 23.5. The predicted molar refractivity (Wildman–Crippen MR) is 118 cm³/mol. The number of nitrogens with zero attached hydrogens (tertiary/aromatic N) is 1. The number of aryl methyl sites for hydroxylation is 1. The van der Waals surface area contributed by atoms with Gasteiger partial charge in [0.1, 0.15) is 6.54 Å². The van der Waals surface area contributed by atoms with Gasteiger partial charge in [0.05, 0.1) is 24.8 Å². The van der Waals surface area contributed by atoms with E-state index in [1.54, 1.807) is 24.3 Å². The number of anilines is 1. The van der Waals surface area contributed by atoms with Crippen molar-refractivity contribution in [1.29, 1.82) is 0 Å². The van der Waals surface area contributed by atoms with E-state index in [0.717, 1.165) is 9.87 Å². The lowest BCUT2D eigenvalue weighted by atomic mass is 10.1. The lowest BCUT2D eigenvalue weighted by Crippen LogP contribution is -2.45. The zero-order valence-electron chi connectivity index (χ0n) is 18.3. The van der Waals surface area contributed by atoms with Crippen molar-refractivity contribution in [3.8, 4) is 11.5 Å². The molecule has 1 amide bonds. The molecule has 0 fully saturated rings. The summed E-state index contributed by atoms with van der Waals surface area (Å²) in [6, 6.07) is 11.3. The van der Waals surface area contributed by atoms with E-state index >= 15 is 0 Å². The molecule has 0 heterocycles. The molecule has 0 radical (unpaired) electrons. The number of carbonyl (C=O) groups excluding carboxylic acids is 1. The normalized spacial score (nSPS) is 12.4. The van der Waals surface area contributed by atoms with E-state index in [-0.39, 0.29) is 29.3 Å². The molecule has 0 aliphatic rings. The summed E-state index contributed by atoms with van der Waals surface area (Å²) in [5, 5.41) is 2.87. The van der Waals surface area contributed by atoms with Gasteiger partial charge >= 0.3 is 0 Å². The van der Waals surface area contributed by atoms with Gasteiger partial charge in [-0.05, 0) is 44.0 Å². The molecule has 7 nitrogen and oxygen atoms in total. The number of benzene rings is 2. The van der Waals surface area contributed by atoms with Gasteiger partial charge in [0.15, 0.2) is 11.5 Å². The zero-order chi connectivity index (χ0) is 22.5. The largest absolute Gasteiger partial charge is 0.493 e. The third kappa shape index (κ3) is 5.44. The van der Waals surface area contributed by atoms with Crippen molar-refractivity contribution in [3.05, 3.63) is 48.0 Å². The fourth-order valence-electron chi connectivity index (χ4n) is 2.73. The second-order valence-electron chi connectivity index (χ2n) is 7.46. The molecular formula is C22H30N2O5S. The van der Waals surface area contributed by atoms with Crippen molar-refractivity contribution >= 4 is 21.6 Å². The molecule has 0 aromatic heterocycles. The van der Waals surface area contributed by atoms with Crippen LogP contribution in [-0.4, -0.2) is 41.1 Å². The summed E-state index contributed by atoms with van der Waals surface area (Å²) in [6.07, 6.45) is 0. The van der Waals surface area contributed by atoms with Crippen LogP contribution in [-0.2, 0) is 14.8 Å². The molecule has 1 atom stereocenters. The highest BCUT2D eigenvalue weighted by molar-refractivity contribution is 7.92. The fourth-order valence-corrected chi connectivity index (χ4v) is 4.16. The molecule has 2 aromatic rings. The van der Waals surface area contributed by atoms with Crippen LogP contribution in [0.15, 0.2) is 47.4 Å². The zero-order valence-corrected chi connectivity index (χ0v) is 19.1. The van der Waals surface area contributed by atoms with E-state index in [2.05, 4.69) is 5.32 Å². The number of amides is 1. The van der Waals surface area contributed by atoms with Crippen molar-refractivity contribution in [2.24, 2.45) is 5.92 Å². The Hall–Kier alpha value is -2.74. The number of ether oxygens (including phenoxy) is 2. The van der Waals surface area contributed by atoms with Gasteiger partial charge in [-0.25, -0.2) is 8.42 Å². The maximum absolute atomic E-state index is 13.5. The first-order chi connectivity index (χ1) is 14.1. The van der Waals surface area contributed by atoms with Crippen LogP contribution in [0, 0.1) is 12.8 Å². The average Bonchev–Trinajstić information content (AvgIpc) is 2.71. The van der Waals surface area contributed by atoms with Crippen LogP contribution in [0.3, 0.4) is 0 Å². The Labute approximate surface area is 179 Å². The number of rotatable bonds is 9. The molecule has 0 saturated heterocycles. The van der Waals surface area contributed by atoms with E-state index in [1.165, 1.54) is 32.4 Å². The highest BCUT2D eigenvalue weighted by Gasteiger charge is 2.29. The minimum Gasteiger partial charge on any atom is -0.493 e. The smallest absolute Gasteiger partial charge is 0.264 e. The Morgan fingerprint density at radius 1 is 1.00 bits per heavy atom. The van der Waals surface area contributed by atoms with Crippen LogP contribution in [0.1, 0.15) is 26.3 Å². The summed E-state index contributed by atoms with van der Waals surface area (Å²) < 4.78 is 38.5. The third-order valence-corrected chi connectivity index (χ3v) is 6.71. The van der Waals surface area contributed by atoms with Crippen LogP contribution in [0.2, 0.25) is 0 Å². The third-order valence-electron chi connectivity index (χ3n) is 4.94. The van der Waals surface area contributed by atoms with Crippen LogP contribution in [0.4, 0.5) is 5.69 Å². The molecule has 0 bridgehead atoms. The predicted octanol–water partition coefficient (Wildman–Crippen LogP) is 3.37. The standard InChI is InChI=1S/C22H30N2O5S/c1-15(2)17(4)23-22(25)14-24(18-9-7-16(3)8-10-18)30(26,27)19-11-12-20(28-5)21(13-19)29-6/h7-13,15,17H,14H2,1-6H3,(H,23,25)/t17-/m1/s1. The molecule has 1 N–H and O–H groups in total. The maximum Gasteiger partial charge on any atom is 0.264 e. The van der Waals surface area contributed by atoms with Crippen molar-refractivity contribution in [1.82, 2.24) is 5.32 Å². The van der Waals surface area contributed by atoms with Crippen molar-refractivity contribution in [3.63, 3.8) is 0 Å². The topological polar surface area (TPSA) is 84.9 Å². The van der Waals surface area contributed by atoms with E-state index in [0.29, 0.717) is 17.2 Å². The minimum absolute atomic E-state index is 0.00503. The van der Waals surface area contributed by atoms with Gasteiger partial charge in [0.2, 0.25) is 5.91 Å². The summed E-state index contributed by atoms with van der Waals surface area (Å²) in [6.45, 7) is 7.44. The lowest BCUT2D eigenvalue weighted by molar-refractivity contribution is -0.120. The molecular weight excluding hydrogens is 404 g/mol. The van der Waals surface area contributed by atoms with Crippen LogP contribution >= 0.6 is 0 Å². The van der Waals surface area contributed by atoms with E-state index in [4.69, 9.17) is 9.47 Å². The minimum atomic E-state index is -4.04. The SMILES string of the molecule is COc1ccc(S(=O)(=O)N(CC(=O)N[C@H](C)C(C)C)c2ccc(C)cc2)cc1OC. The molecule has 0 spiro atoms. The summed E-state index contributed by atoms with van der Waals surface area (Å²) in [5.41, 5.74) is 1.39. The van der Waals surface area contributed by atoms with Gasteiger partial charge in [-0.2, -0.15) is 0 Å². The molecule has 0 aliphatic heterocycles. The van der Waals surface area contributed by atoms with E-state index in [9.17, 15) is 13.2 Å². The second kappa shape index (κ2) is 9.84. The monoisotopic (exact) mass is 434 g/mol. The molecule has 0 saturated carbocycles. The number of methoxy groups -OCH3 is 2. The number of hydrogen-bond acceptors (Lipinski definition) is 5. The summed E-state index contributed by atoms with van der Waals surface area (Å²) >= 11 is 0. The Bertz CT molecular complexity index is 972. The summed E-state index contributed by atoms with van der Waals surface area (Å²) in [7, 11) is -1.12. The Morgan fingerprint density at radius 2 is 1.60 bits per heavy atom. The number of sulfonamides is 1.